The average Bonchev–Trinajstić information content (AvgIpc) is 2.21. The zero-order valence-electron chi connectivity index (χ0n) is 10.2. The van der Waals surface area contributed by atoms with Gasteiger partial charge in [0.1, 0.15) is 0 Å². The highest BCUT2D eigenvalue weighted by Gasteiger charge is 2.09. The van der Waals surface area contributed by atoms with E-state index in [1.165, 1.54) is 16.7 Å². The molecule has 0 bridgehead atoms. The molecule has 0 saturated carbocycles. The van der Waals surface area contributed by atoms with Gasteiger partial charge in [0.25, 0.3) is 0 Å². The number of likely N-dealkylation sites (N-methyl/N-ethyl adjacent to an activating group) is 1. The summed E-state index contributed by atoms with van der Waals surface area (Å²) in [6.45, 7) is 7.65. The van der Waals surface area contributed by atoms with Gasteiger partial charge in [0.05, 0.1) is 6.54 Å². The van der Waals surface area contributed by atoms with Gasteiger partial charge >= 0.3 is 5.97 Å². The third-order valence-corrected chi connectivity index (χ3v) is 2.70. The number of benzene rings is 1. The molecular formula is C13H19NO2. The average molecular weight is 221 g/mol. The Balaban J connectivity index is 2.77. The summed E-state index contributed by atoms with van der Waals surface area (Å²) >= 11 is 0. The number of carbonyl (C=O) groups is 1. The summed E-state index contributed by atoms with van der Waals surface area (Å²) in [7, 11) is 0. The van der Waals surface area contributed by atoms with Gasteiger partial charge in [0, 0.05) is 6.54 Å². The van der Waals surface area contributed by atoms with Crippen LogP contribution in [0.5, 0.6) is 0 Å². The lowest BCUT2D eigenvalue weighted by molar-refractivity contribution is -0.138. The monoisotopic (exact) mass is 221 g/mol. The van der Waals surface area contributed by atoms with Gasteiger partial charge in [-0.3, -0.25) is 9.69 Å². The van der Waals surface area contributed by atoms with Gasteiger partial charge in [0.15, 0.2) is 0 Å². The fraction of sp³-hybridized carbons (Fsp3) is 0.462. The molecule has 0 unspecified atom stereocenters. The first-order valence-electron chi connectivity index (χ1n) is 5.53. The molecular weight excluding hydrogens is 202 g/mol. The Morgan fingerprint density at radius 2 is 2.06 bits per heavy atom. The molecule has 0 atom stereocenters. The molecule has 1 rings (SSSR count). The highest BCUT2D eigenvalue weighted by Crippen LogP contribution is 2.13. The quantitative estimate of drug-likeness (QED) is 0.828. The van der Waals surface area contributed by atoms with E-state index < -0.39 is 5.97 Å². The van der Waals surface area contributed by atoms with Crippen molar-refractivity contribution in [2.24, 2.45) is 0 Å². The van der Waals surface area contributed by atoms with Gasteiger partial charge in [-0.15, -0.1) is 0 Å². The van der Waals surface area contributed by atoms with Crippen molar-refractivity contribution in [3.63, 3.8) is 0 Å². The molecule has 0 radical (unpaired) electrons. The van der Waals surface area contributed by atoms with Crippen LogP contribution in [0.1, 0.15) is 23.6 Å². The zero-order valence-corrected chi connectivity index (χ0v) is 10.2. The number of nitrogens with zero attached hydrogens (tertiary/aromatic N) is 1. The molecule has 0 aliphatic rings. The van der Waals surface area contributed by atoms with Crippen LogP contribution in [0.4, 0.5) is 0 Å². The molecule has 0 heterocycles. The van der Waals surface area contributed by atoms with Crippen molar-refractivity contribution in [1.82, 2.24) is 4.90 Å². The lowest BCUT2D eigenvalue weighted by Gasteiger charge is -2.19. The molecule has 3 heteroatoms. The minimum absolute atomic E-state index is 0.101. The Morgan fingerprint density at radius 3 is 2.62 bits per heavy atom. The lowest BCUT2D eigenvalue weighted by Crippen LogP contribution is -2.29. The molecule has 16 heavy (non-hydrogen) atoms. The van der Waals surface area contributed by atoms with Crippen molar-refractivity contribution in [1.29, 1.82) is 0 Å². The summed E-state index contributed by atoms with van der Waals surface area (Å²) in [5.74, 6) is -0.771. The van der Waals surface area contributed by atoms with Crippen LogP contribution in [0.2, 0.25) is 0 Å². The van der Waals surface area contributed by atoms with E-state index in [-0.39, 0.29) is 6.54 Å². The maximum absolute atomic E-state index is 10.7. The van der Waals surface area contributed by atoms with E-state index in [9.17, 15) is 4.79 Å². The summed E-state index contributed by atoms with van der Waals surface area (Å²) in [5.41, 5.74) is 3.64. The van der Waals surface area contributed by atoms with E-state index in [1.54, 1.807) is 0 Å². The molecule has 1 aromatic carbocycles. The summed E-state index contributed by atoms with van der Waals surface area (Å²) in [6, 6.07) is 6.28. The topological polar surface area (TPSA) is 40.5 Å². The Hall–Kier alpha value is -1.35. The number of carboxylic acid groups (broad SMARTS) is 1. The van der Waals surface area contributed by atoms with E-state index in [0.29, 0.717) is 6.54 Å². The first-order valence-corrected chi connectivity index (χ1v) is 5.53. The number of carboxylic acids is 1. The number of hydrogen-bond acceptors (Lipinski definition) is 2. The van der Waals surface area contributed by atoms with Gasteiger partial charge < -0.3 is 5.11 Å². The summed E-state index contributed by atoms with van der Waals surface area (Å²) in [5, 5.41) is 8.78. The third-order valence-electron chi connectivity index (χ3n) is 2.70. The number of aryl methyl sites for hydroxylation is 2. The minimum atomic E-state index is -0.771. The number of aliphatic carboxylic acids is 1. The van der Waals surface area contributed by atoms with E-state index in [1.807, 2.05) is 11.8 Å². The first kappa shape index (κ1) is 12.7. The van der Waals surface area contributed by atoms with Gasteiger partial charge in [-0.2, -0.15) is 0 Å². The summed E-state index contributed by atoms with van der Waals surface area (Å²) in [4.78, 5) is 12.6. The summed E-state index contributed by atoms with van der Waals surface area (Å²) in [6.07, 6.45) is 0. The molecule has 0 aromatic heterocycles. The van der Waals surface area contributed by atoms with Crippen molar-refractivity contribution >= 4 is 5.97 Å². The Kier molecular flexibility index (Phi) is 4.50. The Bertz CT molecular complexity index is 374. The second kappa shape index (κ2) is 5.66. The van der Waals surface area contributed by atoms with Crippen molar-refractivity contribution < 1.29 is 9.90 Å². The lowest BCUT2D eigenvalue weighted by atomic mass is 10.1. The molecule has 0 saturated heterocycles. The molecule has 0 fully saturated rings. The standard InChI is InChI=1S/C13H19NO2/c1-4-14(9-13(15)16)8-12-7-10(2)5-6-11(12)3/h5-7H,4,8-9H2,1-3H3,(H,15,16). The van der Waals surface area contributed by atoms with Gasteiger partial charge in [-0.25, -0.2) is 0 Å². The fourth-order valence-corrected chi connectivity index (χ4v) is 1.68. The molecule has 0 amide bonds. The second-order valence-electron chi connectivity index (χ2n) is 4.13. The van der Waals surface area contributed by atoms with Crippen molar-refractivity contribution in [3.8, 4) is 0 Å². The highest BCUT2D eigenvalue weighted by atomic mass is 16.4. The van der Waals surface area contributed by atoms with Gasteiger partial charge in [-0.1, -0.05) is 30.7 Å². The third kappa shape index (κ3) is 3.66. The van der Waals surface area contributed by atoms with Crippen LogP contribution >= 0.6 is 0 Å². The van der Waals surface area contributed by atoms with Crippen LogP contribution in [0.3, 0.4) is 0 Å². The van der Waals surface area contributed by atoms with Crippen molar-refractivity contribution in [2.75, 3.05) is 13.1 Å². The predicted octanol–water partition coefficient (Wildman–Crippen LogP) is 2.21. The fourth-order valence-electron chi connectivity index (χ4n) is 1.68. The van der Waals surface area contributed by atoms with Crippen LogP contribution in [0.25, 0.3) is 0 Å². The number of hydrogen-bond donors (Lipinski definition) is 1. The zero-order chi connectivity index (χ0) is 12.1. The molecule has 88 valence electrons. The molecule has 0 aliphatic carbocycles. The predicted molar refractivity (Wildman–Crippen MR) is 64.5 cm³/mol. The largest absolute Gasteiger partial charge is 0.480 e. The summed E-state index contributed by atoms with van der Waals surface area (Å²) < 4.78 is 0. The van der Waals surface area contributed by atoms with Crippen molar-refractivity contribution in [2.45, 2.75) is 27.3 Å². The van der Waals surface area contributed by atoms with Crippen LogP contribution in [-0.4, -0.2) is 29.1 Å². The SMILES string of the molecule is CCN(CC(=O)O)Cc1cc(C)ccc1C. The van der Waals surface area contributed by atoms with E-state index in [4.69, 9.17) is 5.11 Å². The van der Waals surface area contributed by atoms with Gasteiger partial charge in [-0.05, 0) is 31.5 Å². The maximum Gasteiger partial charge on any atom is 0.317 e. The van der Waals surface area contributed by atoms with E-state index in [0.717, 1.165) is 6.54 Å². The normalized spacial score (nSPS) is 10.8. The minimum Gasteiger partial charge on any atom is -0.480 e. The Labute approximate surface area is 96.7 Å². The van der Waals surface area contributed by atoms with Crippen LogP contribution in [0, 0.1) is 13.8 Å². The first-order chi connectivity index (χ1) is 7.52. The molecule has 0 spiro atoms. The van der Waals surface area contributed by atoms with Crippen LogP contribution < -0.4 is 0 Å². The molecule has 3 nitrogen and oxygen atoms in total. The smallest absolute Gasteiger partial charge is 0.317 e. The molecule has 1 aromatic rings. The van der Waals surface area contributed by atoms with Gasteiger partial charge in [0.2, 0.25) is 0 Å². The molecule has 1 N–H and O–H groups in total. The van der Waals surface area contributed by atoms with Crippen LogP contribution in [0.15, 0.2) is 18.2 Å². The van der Waals surface area contributed by atoms with Crippen LogP contribution in [-0.2, 0) is 11.3 Å². The molecule has 0 aliphatic heterocycles. The number of rotatable bonds is 5. The van der Waals surface area contributed by atoms with Crippen molar-refractivity contribution in [3.05, 3.63) is 34.9 Å². The van der Waals surface area contributed by atoms with E-state index in [2.05, 4.69) is 32.0 Å². The second-order valence-corrected chi connectivity index (χ2v) is 4.13. The maximum atomic E-state index is 10.7. The van der Waals surface area contributed by atoms with E-state index >= 15 is 0 Å². The Morgan fingerprint density at radius 1 is 1.38 bits per heavy atom. The highest BCUT2D eigenvalue weighted by molar-refractivity contribution is 5.69.